The molecule has 1 N–H and O–H groups in total. The minimum atomic E-state index is -0.462. The maximum Gasteiger partial charge on any atom is 0.357 e. The zero-order chi connectivity index (χ0) is 12.8. The van der Waals surface area contributed by atoms with E-state index in [2.05, 4.69) is 9.97 Å². The van der Waals surface area contributed by atoms with Crippen LogP contribution in [-0.4, -0.2) is 27.7 Å². The van der Waals surface area contributed by atoms with Crippen LogP contribution in [0.25, 0.3) is 0 Å². The summed E-state index contributed by atoms with van der Waals surface area (Å²) in [6.07, 6.45) is 3.39. The van der Waals surface area contributed by atoms with E-state index in [0.717, 1.165) is 5.56 Å². The van der Waals surface area contributed by atoms with Gasteiger partial charge >= 0.3 is 5.97 Å². The Morgan fingerprint density at radius 2 is 2.00 bits per heavy atom. The van der Waals surface area contributed by atoms with Gasteiger partial charge in [0.1, 0.15) is 12.1 Å². The topological polar surface area (TPSA) is 72.3 Å². The first-order valence-electron chi connectivity index (χ1n) is 5.47. The highest BCUT2D eigenvalue weighted by Gasteiger charge is 2.07. The number of nitrogens with zero attached hydrogens (tertiary/aromatic N) is 2. The molecule has 2 rings (SSSR count). The Morgan fingerprint density at radius 3 is 2.67 bits per heavy atom. The molecule has 0 spiro atoms. The quantitative estimate of drug-likeness (QED) is 0.827. The van der Waals surface area contributed by atoms with Crippen LogP contribution in [0.4, 0.5) is 0 Å². The molecule has 0 amide bonds. The van der Waals surface area contributed by atoms with Gasteiger partial charge in [-0.05, 0) is 23.8 Å². The number of rotatable bonds is 4. The molecule has 18 heavy (non-hydrogen) atoms. The fraction of sp³-hybridized carbons (Fsp3) is 0.154. The van der Waals surface area contributed by atoms with E-state index in [-0.39, 0.29) is 18.1 Å². The molecule has 0 fully saturated rings. The molecule has 5 heteroatoms. The van der Waals surface area contributed by atoms with Crippen molar-refractivity contribution in [3.8, 4) is 5.75 Å². The average Bonchev–Trinajstić information content (AvgIpc) is 2.42. The van der Waals surface area contributed by atoms with Crippen LogP contribution < -0.4 is 0 Å². The summed E-state index contributed by atoms with van der Waals surface area (Å²) in [7, 11) is 0. The fourth-order valence-corrected chi connectivity index (χ4v) is 1.41. The molecule has 0 bridgehead atoms. The van der Waals surface area contributed by atoms with Crippen LogP contribution in [0.3, 0.4) is 0 Å². The van der Waals surface area contributed by atoms with Crippen molar-refractivity contribution < 1.29 is 14.6 Å². The highest BCUT2D eigenvalue weighted by molar-refractivity contribution is 5.86. The number of aromatic nitrogens is 2. The summed E-state index contributed by atoms with van der Waals surface area (Å²) in [5.74, 6) is -0.243. The molecule has 1 aromatic heterocycles. The largest absolute Gasteiger partial charge is 0.508 e. The SMILES string of the molecule is O=C(OCCc1ccc(O)cc1)c1ccncn1. The van der Waals surface area contributed by atoms with Gasteiger partial charge in [-0.2, -0.15) is 0 Å². The Bertz CT molecular complexity index is 512. The highest BCUT2D eigenvalue weighted by atomic mass is 16.5. The maximum absolute atomic E-state index is 11.5. The monoisotopic (exact) mass is 244 g/mol. The van der Waals surface area contributed by atoms with Crippen LogP contribution in [-0.2, 0) is 11.2 Å². The molecule has 0 radical (unpaired) electrons. The van der Waals surface area contributed by atoms with Gasteiger partial charge in [-0.25, -0.2) is 14.8 Å². The summed E-state index contributed by atoms with van der Waals surface area (Å²) in [4.78, 5) is 19.1. The van der Waals surface area contributed by atoms with Gasteiger partial charge in [0.25, 0.3) is 0 Å². The van der Waals surface area contributed by atoms with Gasteiger partial charge in [-0.15, -0.1) is 0 Å². The number of phenols is 1. The minimum absolute atomic E-state index is 0.219. The van der Waals surface area contributed by atoms with E-state index in [1.165, 1.54) is 18.6 Å². The van der Waals surface area contributed by atoms with Crippen molar-refractivity contribution in [2.75, 3.05) is 6.61 Å². The lowest BCUT2D eigenvalue weighted by Gasteiger charge is -2.04. The van der Waals surface area contributed by atoms with Gasteiger partial charge in [0.2, 0.25) is 0 Å². The molecule has 0 unspecified atom stereocenters. The van der Waals surface area contributed by atoms with E-state index >= 15 is 0 Å². The lowest BCUT2D eigenvalue weighted by Crippen LogP contribution is -2.09. The van der Waals surface area contributed by atoms with Crippen molar-refractivity contribution in [2.24, 2.45) is 0 Å². The molecule has 92 valence electrons. The van der Waals surface area contributed by atoms with Crippen LogP contribution in [0.15, 0.2) is 42.9 Å². The minimum Gasteiger partial charge on any atom is -0.508 e. The van der Waals surface area contributed by atoms with E-state index in [1.54, 1.807) is 24.3 Å². The van der Waals surface area contributed by atoms with Crippen LogP contribution in [0.2, 0.25) is 0 Å². The normalized spacial score (nSPS) is 10.0. The lowest BCUT2D eigenvalue weighted by atomic mass is 10.1. The van der Waals surface area contributed by atoms with Gasteiger partial charge in [0.05, 0.1) is 6.61 Å². The van der Waals surface area contributed by atoms with E-state index < -0.39 is 5.97 Å². The number of esters is 1. The smallest absolute Gasteiger partial charge is 0.357 e. The third-order valence-electron chi connectivity index (χ3n) is 2.35. The van der Waals surface area contributed by atoms with E-state index in [0.29, 0.717) is 6.42 Å². The Balaban J connectivity index is 1.82. The second-order valence-electron chi connectivity index (χ2n) is 3.65. The fourth-order valence-electron chi connectivity index (χ4n) is 1.41. The van der Waals surface area contributed by atoms with Crippen LogP contribution in [0.5, 0.6) is 5.75 Å². The predicted molar refractivity (Wildman–Crippen MR) is 64.1 cm³/mol. The summed E-state index contributed by atoms with van der Waals surface area (Å²) < 4.78 is 5.07. The van der Waals surface area contributed by atoms with Crippen molar-refractivity contribution in [3.05, 3.63) is 54.1 Å². The summed E-state index contributed by atoms with van der Waals surface area (Å²) in [5, 5.41) is 9.12. The van der Waals surface area contributed by atoms with Gasteiger partial charge < -0.3 is 9.84 Å². The molecular formula is C13H12N2O3. The number of carbonyl (C=O) groups excluding carboxylic acids is 1. The predicted octanol–water partition coefficient (Wildman–Crippen LogP) is 1.58. The number of aromatic hydroxyl groups is 1. The van der Waals surface area contributed by atoms with Crippen LogP contribution in [0, 0.1) is 0 Å². The number of carbonyl (C=O) groups is 1. The molecule has 0 saturated heterocycles. The second-order valence-corrected chi connectivity index (χ2v) is 3.65. The zero-order valence-corrected chi connectivity index (χ0v) is 9.61. The Labute approximate surface area is 104 Å². The van der Waals surface area contributed by atoms with Gasteiger partial charge in [0.15, 0.2) is 5.69 Å². The number of ether oxygens (including phenoxy) is 1. The Morgan fingerprint density at radius 1 is 1.22 bits per heavy atom. The summed E-state index contributed by atoms with van der Waals surface area (Å²) in [5.41, 5.74) is 1.24. The molecule has 0 aliphatic rings. The standard InChI is InChI=1S/C13H12N2O3/c16-11-3-1-10(2-4-11)6-8-18-13(17)12-5-7-14-9-15-12/h1-5,7,9,16H,6,8H2. The van der Waals surface area contributed by atoms with Gasteiger partial charge in [-0.1, -0.05) is 12.1 Å². The average molecular weight is 244 g/mol. The van der Waals surface area contributed by atoms with Gasteiger partial charge in [-0.3, -0.25) is 0 Å². The van der Waals surface area contributed by atoms with Crippen LogP contribution in [0.1, 0.15) is 16.1 Å². The maximum atomic E-state index is 11.5. The number of hydrogen-bond acceptors (Lipinski definition) is 5. The van der Waals surface area contributed by atoms with E-state index in [9.17, 15) is 4.79 Å². The van der Waals surface area contributed by atoms with E-state index in [1.807, 2.05) is 0 Å². The van der Waals surface area contributed by atoms with Crippen molar-refractivity contribution in [2.45, 2.75) is 6.42 Å². The second kappa shape index (κ2) is 5.77. The van der Waals surface area contributed by atoms with Gasteiger partial charge in [0, 0.05) is 12.6 Å². The molecule has 0 aliphatic heterocycles. The van der Waals surface area contributed by atoms with Crippen molar-refractivity contribution in [1.82, 2.24) is 9.97 Å². The third-order valence-corrected chi connectivity index (χ3v) is 2.35. The number of phenolic OH excluding ortho intramolecular Hbond substituents is 1. The molecule has 1 heterocycles. The summed E-state index contributed by atoms with van der Waals surface area (Å²) in [6, 6.07) is 8.27. The molecule has 0 aliphatic carbocycles. The molecular weight excluding hydrogens is 232 g/mol. The third kappa shape index (κ3) is 3.28. The number of hydrogen-bond donors (Lipinski definition) is 1. The van der Waals surface area contributed by atoms with E-state index in [4.69, 9.17) is 9.84 Å². The highest BCUT2D eigenvalue weighted by Crippen LogP contribution is 2.10. The Hall–Kier alpha value is -2.43. The first-order valence-corrected chi connectivity index (χ1v) is 5.47. The molecule has 0 saturated carbocycles. The summed E-state index contributed by atoms with van der Waals surface area (Å²) in [6.45, 7) is 0.271. The number of benzene rings is 1. The first kappa shape index (κ1) is 12.0. The zero-order valence-electron chi connectivity index (χ0n) is 9.61. The Kier molecular flexibility index (Phi) is 3.86. The first-order chi connectivity index (χ1) is 8.75. The molecule has 5 nitrogen and oxygen atoms in total. The molecule has 0 atom stereocenters. The summed E-state index contributed by atoms with van der Waals surface area (Å²) >= 11 is 0. The van der Waals surface area contributed by atoms with Crippen molar-refractivity contribution >= 4 is 5.97 Å². The molecule has 2 aromatic rings. The molecule has 1 aromatic carbocycles. The lowest BCUT2D eigenvalue weighted by molar-refractivity contribution is 0.0502. The van der Waals surface area contributed by atoms with Crippen molar-refractivity contribution in [1.29, 1.82) is 0 Å². The van der Waals surface area contributed by atoms with Crippen molar-refractivity contribution in [3.63, 3.8) is 0 Å². The van der Waals surface area contributed by atoms with Crippen LogP contribution >= 0.6 is 0 Å².